The Bertz CT molecular complexity index is 1120. The van der Waals surface area contributed by atoms with E-state index in [-0.39, 0.29) is 11.1 Å². The Balaban J connectivity index is 1.71. The summed E-state index contributed by atoms with van der Waals surface area (Å²) < 4.78 is 35.5. The molecule has 0 aromatic heterocycles. The summed E-state index contributed by atoms with van der Waals surface area (Å²) in [5.74, 6) is -1.20. The van der Waals surface area contributed by atoms with Crippen LogP contribution < -0.4 is 4.74 Å². The van der Waals surface area contributed by atoms with Gasteiger partial charge in [-0.15, -0.1) is 0 Å². The fourth-order valence-electron chi connectivity index (χ4n) is 3.42. The van der Waals surface area contributed by atoms with Crippen molar-refractivity contribution >= 4 is 0 Å². The minimum absolute atomic E-state index is 0.191. The number of rotatable bonds is 5. The number of hydrogen-bond donors (Lipinski definition) is 0. The summed E-state index contributed by atoms with van der Waals surface area (Å²) >= 11 is 0. The van der Waals surface area contributed by atoms with Crippen LogP contribution in [0.4, 0.5) is 8.78 Å². The van der Waals surface area contributed by atoms with Crippen LogP contribution in [0.1, 0.15) is 6.92 Å². The minimum Gasteiger partial charge on any atom is -0.493 e. The average Bonchev–Trinajstić information content (AvgIpc) is 2.77. The third-order valence-electron chi connectivity index (χ3n) is 4.86. The van der Waals surface area contributed by atoms with Crippen molar-refractivity contribution in [2.45, 2.75) is 6.92 Å². The van der Waals surface area contributed by atoms with E-state index < -0.39 is 11.6 Å². The molecule has 0 fully saturated rings. The lowest BCUT2D eigenvalue weighted by molar-refractivity contribution is 0.341. The quantitative estimate of drug-likeness (QED) is 0.348. The Hall–Kier alpha value is -3.46. The van der Waals surface area contributed by atoms with Crippen LogP contribution in [0.3, 0.4) is 0 Å². The molecule has 0 amide bonds. The third kappa shape index (κ3) is 3.77. The fraction of sp³-hybridized carbons (Fsp3) is 0.0769. The zero-order valence-electron chi connectivity index (χ0n) is 16.0. The maximum atomic E-state index is 15.0. The van der Waals surface area contributed by atoms with Gasteiger partial charge < -0.3 is 4.74 Å². The summed E-state index contributed by atoms with van der Waals surface area (Å²) in [6, 6.07) is 27.7. The molecule has 0 saturated carbocycles. The second-order valence-corrected chi connectivity index (χ2v) is 6.66. The highest BCUT2D eigenvalue weighted by Gasteiger charge is 2.18. The van der Waals surface area contributed by atoms with Crippen LogP contribution in [0, 0.1) is 11.6 Å². The summed E-state index contributed by atoms with van der Waals surface area (Å²) in [7, 11) is 0. The molecule has 0 heterocycles. The molecule has 29 heavy (non-hydrogen) atoms. The van der Waals surface area contributed by atoms with Crippen LogP contribution in [0.25, 0.3) is 33.4 Å². The highest BCUT2D eigenvalue weighted by atomic mass is 19.2. The van der Waals surface area contributed by atoms with E-state index in [1.807, 2.05) is 67.6 Å². The lowest BCUT2D eigenvalue weighted by Gasteiger charge is -2.13. The Labute approximate surface area is 169 Å². The molecule has 0 atom stereocenters. The summed E-state index contributed by atoms with van der Waals surface area (Å²) in [5, 5.41) is 0. The lowest BCUT2D eigenvalue weighted by atomic mass is 9.96. The number of ether oxygens (including phenoxy) is 1. The van der Waals surface area contributed by atoms with Gasteiger partial charge in [-0.1, -0.05) is 84.9 Å². The topological polar surface area (TPSA) is 9.23 Å². The number of hydrogen-bond acceptors (Lipinski definition) is 1. The first-order valence-corrected chi connectivity index (χ1v) is 9.55. The SMILES string of the molecule is CCOc1ccccc1-c1ccc(-c2ccc(-c3ccccc3)cc2)c(F)c1F. The van der Waals surface area contributed by atoms with Crippen LogP contribution in [0.5, 0.6) is 5.75 Å². The van der Waals surface area contributed by atoms with Gasteiger partial charge in [0.2, 0.25) is 0 Å². The van der Waals surface area contributed by atoms with Crippen molar-refractivity contribution in [1.29, 1.82) is 0 Å². The average molecular weight is 386 g/mol. The van der Waals surface area contributed by atoms with E-state index in [0.717, 1.165) is 11.1 Å². The van der Waals surface area contributed by atoms with Crippen molar-refractivity contribution in [2.24, 2.45) is 0 Å². The van der Waals surface area contributed by atoms with E-state index in [1.54, 1.807) is 30.3 Å². The van der Waals surface area contributed by atoms with Crippen LogP contribution in [-0.4, -0.2) is 6.61 Å². The Morgan fingerprint density at radius 1 is 0.552 bits per heavy atom. The Morgan fingerprint density at radius 3 is 1.83 bits per heavy atom. The predicted octanol–water partition coefficient (Wildman–Crippen LogP) is 7.36. The zero-order chi connectivity index (χ0) is 20.2. The number of para-hydroxylation sites is 1. The molecule has 0 spiro atoms. The van der Waals surface area contributed by atoms with Crippen molar-refractivity contribution in [3.8, 4) is 39.1 Å². The largest absolute Gasteiger partial charge is 0.493 e. The molecule has 0 radical (unpaired) electrons. The van der Waals surface area contributed by atoms with Gasteiger partial charge in [-0.3, -0.25) is 0 Å². The van der Waals surface area contributed by atoms with Crippen molar-refractivity contribution in [3.63, 3.8) is 0 Å². The highest BCUT2D eigenvalue weighted by molar-refractivity contribution is 5.76. The normalized spacial score (nSPS) is 10.7. The van der Waals surface area contributed by atoms with Gasteiger partial charge in [-0.25, -0.2) is 8.78 Å². The maximum absolute atomic E-state index is 15.0. The van der Waals surface area contributed by atoms with Crippen LogP contribution in [0.15, 0.2) is 91.0 Å². The molecule has 0 saturated heterocycles. The van der Waals surface area contributed by atoms with E-state index in [2.05, 4.69) is 0 Å². The van der Waals surface area contributed by atoms with Gasteiger partial charge in [0.1, 0.15) is 5.75 Å². The van der Waals surface area contributed by atoms with E-state index in [0.29, 0.717) is 23.5 Å². The summed E-state index contributed by atoms with van der Waals surface area (Å²) in [5.41, 5.74) is 3.70. The van der Waals surface area contributed by atoms with Crippen molar-refractivity contribution in [1.82, 2.24) is 0 Å². The summed E-state index contributed by atoms with van der Waals surface area (Å²) in [4.78, 5) is 0. The first-order valence-electron chi connectivity index (χ1n) is 9.55. The van der Waals surface area contributed by atoms with E-state index in [9.17, 15) is 8.78 Å². The first-order chi connectivity index (χ1) is 14.2. The van der Waals surface area contributed by atoms with Crippen LogP contribution in [-0.2, 0) is 0 Å². The van der Waals surface area contributed by atoms with Crippen molar-refractivity contribution in [3.05, 3.63) is 103 Å². The monoisotopic (exact) mass is 386 g/mol. The first kappa shape index (κ1) is 18.9. The van der Waals surface area contributed by atoms with Gasteiger partial charge in [-0.05, 0) is 29.7 Å². The van der Waals surface area contributed by atoms with Crippen LogP contribution in [0.2, 0.25) is 0 Å². The van der Waals surface area contributed by atoms with Crippen LogP contribution >= 0.6 is 0 Å². The molecular weight excluding hydrogens is 366 g/mol. The molecular formula is C26H20F2O. The van der Waals surface area contributed by atoms with E-state index >= 15 is 0 Å². The van der Waals surface area contributed by atoms with Gasteiger partial charge in [0, 0.05) is 16.7 Å². The fourth-order valence-corrected chi connectivity index (χ4v) is 3.42. The van der Waals surface area contributed by atoms with Crippen molar-refractivity contribution in [2.75, 3.05) is 6.61 Å². The predicted molar refractivity (Wildman–Crippen MR) is 114 cm³/mol. The number of benzene rings is 4. The molecule has 0 aliphatic rings. The standard InChI is InChI=1S/C26H20F2O/c1-2-29-24-11-7-6-10-22(24)23-17-16-21(25(27)26(23)28)20-14-12-19(13-15-20)18-8-4-3-5-9-18/h3-17H,2H2,1H3. The Kier molecular flexibility index (Phi) is 5.39. The van der Waals surface area contributed by atoms with Gasteiger partial charge >= 0.3 is 0 Å². The highest BCUT2D eigenvalue weighted by Crippen LogP contribution is 2.36. The molecule has 0 aliphatic heterocycles. The summed E-state index contributed by atoms with van der Waals surface area (Å²) in [6.07, 6.45) is 0. The maximum Gasteiger partial charge on any atom is 0.167 e. The molecule has 4 rings (SSSR count). The molecule has 144 valence electrons. The molecule has 0 bridgehead atoms. The van der Waals surface area contributed by atoms with Gasteiger partial charge in [0.05, 0.1) is 6.61 Å². The van der Waals surface area contributed by atoms with E-state index in [1.165, 1.54) is 0 Å². The summed E-state index contributed by atoms with van der Waals surface area (Å²) in [6.45, 7) is 2.31. The Morgan fingerprint density at radius 2 is 1.10 bits per heavy atom. The molecule has 0 N–H and O–H groups in total. The van der Waals surface area contributed by atoms with Gasteiger partial charge in [-0.2, -0.15) is 0 Å². The van der Waals surface area contributed by atoms with E-state index in [4.69, 9.17) is 4.74 Å². The minimum atomic E-state index is -0.873. The third-order valence-corrected chi connectivity index (χ3v) is 4.86. The molecule has 3 heteroatoms. The molecule has 4 aromatic carbocycles. The molecule has 4 aromatic rings. The molecule has 0 aliphatic carbocycles. The lowest BCUT2D eigenvalue weighted by Crippen LogP contribution is -1.98. The second-order valence-electron chi connectivity index (χ2n) is 6.66. The van der Waals surface area contributed by atoms with Gasteiger partial charge in [0.15, 0.2) is 11.6 Å². The second kappa shape index (κ2) is 8.27. The smallest absolute Gasteiger partial charge is 0.167 e. The zero-order valence-corrected chi connectivity index (χ0v) is 16.0. The number of halogens is 2. The molecule has 0 unspecified atom stereocenters. The van der Waals surface area contributed by atoms with Crippen molar-refractivity contribution < 1.29 is 13.5 Å². The van der Waals surface area contributed by atoms with Gasteiger partial charge in [0.25, 0.3) is 0 Å². The molecule has 1 nitrogen and oxygen atoms in total.